The third kappa shape index (κ3) is 6.83. The maximum Gasteiger partial charge on any atom is 0.490 e. The summed E-state index contributed by atoms with van der Waals surface area (Å²) in [5.74, 6) is -5.73. The molecular weight excluding hydrogens is 596 g/mol. The molecular formula is C30H22BF3N4O5S. The van der Waals surface area contributed by atoms with Gasteiger partial charge in [-0.15, -0.1) is 0 Å². The molecule has 0 fully saturated rings. The molecule has 222 valence electrons. The fourth-order valence-corrected chi connectivity index (χ4v) is 5.18. The Morgan fingerprint density at radius 3 is 2.27 bits per heavy atom. The van der Waals surface area contributed by atoms with Gasteiger partial charge in [0.2, 0.25) is 5.95 Å². The molecule has 0 aliphatic carbocycles. The van der Waals surface area contributed by atoms with E-state index in [1.54, 1.807) is 42.5 Å². The first-order valence-electron chi connectivity index (χ1n) is 13.0. The molecule has 2 heterocycles. The topological polar surface area (TPSA) is 145 Å². The van der Waals surface area contributed by atoms with Gasteiger partial charge in [0.25, 0.3) is 5.91 Å². The van der Waals surface area contributed by atoms with E-state index in [1.807, 2.05) is 0 Å². The van der Waals surface area contributed by atoms with Gasteiger partial charge in [-0.25, -0.2) is 18.6 Å². The summed E-state index contributed by atoms with van der Waals surface area (Å²) in [6.45, 7) is 0. The number of amides is 1. The minimum atomic E-state index is -1.82. The number of rotatable bonds is 10. The van der Waals surface area contributed by atoms with Crippen molar-refractivity contribution in [3.05, 3.63) is 114 Å². The Bertz CT molecular complexity index is 1840. The summed E-state index contributed by atoms with van der Waals surface area (Å²) in [5.41, 5.74) is 1.18. The number of aliphatic carboxylic acids is 1. The van der Waals surface area contributed by atoms with Crippen molar-refractivity contribution in [2.75, 3.05) is 4.72 Å². The molecule has 0 radical (unpaired) electrons. The molecule has 5 N–H and O–H groups in total. The highest BCUT2D eigenvalue weighted by molar-refractivity contribution is 8.00. The zero-order chi connectivity index (χ0) is 31.4. The Labute approximate surface area is 253 Å². The SMILES string of the molecule is O=C(N[C@@H](Cc1ccc(B(O)O)c2ncccc12)C(=O)O)c1c(F)cc(NSc2ccc(-c3ccnc(F)c3)cc2)cc1F. The smallest absolute Gasteiger partial charge is 0.480 e. The number of carboxylic acids is 1. The van der Waals surface area contributed by atoms with Gasteiger partial charge in [-0.2, -0.15) is 4.39 Å². The number of pyridine rings is 2. The summed E-state index contributed by atoms with van der Waals surface area (Å²) in [4.78, 5) is 33.2. The first kappa shape index (κ1) is 30.5. The first-order valence-corrected chi connectivity index (χ1v) is 13.8. The normalized spacial score (nSPS) is 11.7. The van der Waals surface area contributed by atoms with Crippen LogP contribution in [0.3, 0.4) is 0 Å². The molecule has 1 amide bonds. The summed E-state index contributed by atoms with van der Waals surface area (Å²) in [5, 5.41) is 31.6. The summed E-state index contributed by atoms with van der Waals surface area (Å²) in [6.07, 6.45) is 2.51. The molecule has 5 rings (SSSR count). The van der Waals surface area contributed by atoms with E-state index in [2.05, 4.69) is 20.0 Å². The fourth-order valence-electron chi connectivity index (χ4n) is 4.55. The number of nitrogens with one attached hydrogen (secondary N) is 2. The lowest BCUT2D eigenvalue weighted by molar-refractivity contribution is -0.139. The second kappa shape index (κ2) is 13.2. The number of anilines is 1. The van der Waals surface area contributed by atoms with E-state index in [0.717, 1.165) is 29.6 Å². The van der Waals surface area contributed by atoms with Gasteiger partial charge in [0.1, 0.15) is 23.2 Å². The molecule has 14 heteroatoms. The zero-order valence-electron chi connectivity index (χ0n) is 22.5. The van der Waals surface area contributed by atoms with E-state index in [-0.39, 0.29) is 23.1 Å². The average Bonchev–Trinajstić information content (AvgIpc) is 2.99. The fraction of sp³-hybridized carbons (Fsp3) is 0.0667. The minimum Gasteiger partial charge on any atom is -0.480 e. The molecule has 9 nitrogen and oxygen atoms in total. The lowest BCUT2D eigenvalue weighted by atomic mass is 9.77. The molecule has 0 saturated carbocycles. The zero-order valence-corrected chi connectivity index (χ0v) is 23.4. The van der Waals surface area contributed by atoms with Crippen molar-refractivity contribution >= 4 is 53.0 Å². The van der Waals surface area contributed by atoms with Crippen molar-refractivity contribution in [2.45, 2.75) is 17.4 Å². The van der Waals surface area contributed by atoms with Crippen LogP contribution in [0, 0.1) is 17.6 Å². The Morgan fingerprint density at radius 2 is 1.61 bits per heavy atom. The Morgan fingerprint density at radius 1 is 0.886 bits per heavy atom. The van der Waals surface area contributed by atoms with Gasteiger partial charge in [-0.1, -0.05) is 30.3 Å². The predicted octanol–water partition coefficient (Wildman–Crippen LogP) is 3.94. The number of nitrogens with zero attached hydrogens (tertiary/aromatic N) is 2. The van der Waals surface area contributed by atoms with E-state index in [0.29, 0.717) is 21.4 Å². The monoisotopic (exact) mass is 618 g/mol. The highest BCUT2D eigenvalue weighted by atomic mass is 32.2. The van der Waals surface area contributed by atoms with Gasteiger partial charge in [-0.3, -0.25) is 9.78 Å². The van der Waals surface area contributed by atoms with Crippen LogP contribution in [0.5, 0.6) is 0 Å². The quantitative estimate of drug-likeness (QED) is 0.0893. The van der Waals surface area contributed by atoms with Crippen molar-refractivity contribution in [3.8, 4) is 11.1 Å². The summed E-state index contributed by atoms with van der Waals surface area (Å²) < 4.78 is 46.2. The van der Waals surface area contributed by atoms with E-state index in [4.69, 9.17) is 0 Å². The van der Waals surface area contributed by atoms with Crippen LogP contribution in [-0.4, -0.2) is 50.2 Å². The third-order valence-electron chi connectivity index (χ3n) is 6.67. The Hall–Kier alpha value is -4.92. The maximum absolute atomic E-state index is 15.0. The van der Waals surface area contributed by atoms with E-state index < -0.39 is 48.2 Å². The number of carboxylic acid groups (broad SMARTS) is 1. The van der Waals surface area contributed by atoms with Crippen LogP contribution in [0.25, 0.3) is 22.0 Å². The Balaban J connectivity index is 1.28. The van der Waals surface area contributed by atoms with E-state index in [9.17, 15) is 37.9 Å². The van der Waals surface area contributed by atoms with Gasteiger partial charge < -0.3 is 25.2 Å². The van der Waals surface area contributed by atoms with E-state index in [1.165, 1.54) is 30.6 Å². The summed E-state index contributed by atoms with van der Waals surface area (Å²) >= 11 is 1.05. The highest BCUT2D eigenvalue weighted by Gasteiger charge is 2.27. The molecule has 0 bridgehead atoms. The van der Waals surface area contributed by atoms with Gasteiger partial charge in [0.05, 0.1) is 11.2 Å². The van der Waals surface area contributed by atoms with Crippen molar-refractivity contribution in [1.82, 2.24) is 15.3 Å². The van der Waals surface area contributed by atoms with Gasteiger partial charge in [0.15, 0.2) is 0 Å². The molecule has 44 heavy (non-hydrogen) atoms. The van der Waals surface area contributed by atoms with Gasteiger partial charge in [0, 0.05) is 40.6 Å². The molecule has 5 aromatic rings. The number of carbonyl (C=O) groups excluding carboxylic acids is 1. The minimum absolute atomic E-state index is 0.0155. The molecule has 0 unspecified atom stereocenters. The van der Waals surface area contributed by atoms with Crippen LogP contribution in [0.2, 0.25) is 0 Å². The molecule has 2 aromatic heterocycles. The second-order valence-corrected chi connectivity index (χ2v) is 10.4. The molecule has 0 spiro atoms. The van der Waals surface area contributed by atoms with Crippen molar-refractivity contribution in [2.24, 2.45) is 0 Å². The number of hydrogen-bond acceptors (Lipinski definition) is 8. The van der Waals surface area contributed by atoms with Crippen LogP contribution in [0.15, 0.2) is 90.1 Å². The number of carbonyl (C=O) groups is 2. The molecule has 0 aliphatic heterocycles. The molecule has 0 saturated heterocycles. The third-order valence-corrected chi connectivity index (χ3v) is 7.51. The molecule has 3 aromatic carbocycles. The standard InChI is InChI=1S/C30H22BF3N4O5S/c32-23-14-19(38-44-20-6-3-16(4-7-20)17-9-11-35-26(34)13-17)15-24(33)27(23)29(39)37-25(30(40)41)12-18-5-8-22(31(42)43)28-21(18)2-1-10-36-28/h1-11,13-15,25,38,42-43H,12H2,(H,37,39)(H,40,41)/t25-/m0/s1. The van der Waals surface area contributed by atoms with Crippen molar-refractivity contribution in [3.63, 3.8) is 0 Å². The van der Waals surface area contributed by atoms with Crippen LogP contribution in [0.4, 0.5) is 18.9 Å². The summed E-state index contributed by atoms with van der Waals surface area (Å²) in [6, 6.07) is 16.2. The second-order valence-electron chi connectivity index (χ2n) is 9.57. The van der Waals surface area contributed by atoms with Crippen molar-refractivity contribution < 1.29 is 37.9 Å². The lowest BCUT2D eigenvalue weighted by Gasteiger charge is -2.17. The predicted molar refractivity (Wildman–Crippen MR) is 160 cm³/mol. The molecule has 1 atom stereocenters. The number of benzene rings is 3. The first-order chi connectivity index (χ1) is 21.1. The number of aromatic nitrogens is 2. The molecule has 0 aliphatic rings. The largest absolute Gasteiger partial charge is 0.490 e. The number of fused-ring (bicyclic) bond motifs is 1. The van der Waals surface area contributed by atoms with E-state index >= 15 is 0 Å². The maximum atomic E-state index is 15.0. The lowest BCUT2D eigenvalue weighted by Crippen LogP contribution is -2.43. The number of hydrogen-bond donors (Lipinski definition) is 5. The summed E-state index contributed by atoms with van der Waals surface area (Å²) in [7, 11) is -1.82. The van der Waals surface area contributed by atoms with Crippen LogP contribution >= 0.6 is 11.9 Å². The van der Waals surface area contributed by atoms with Crippen LogP contribution in [-0.2, 0) is 11.2 Å². The average molecular weight is 618 g/mol. The number of halogens is 3. The van der Waals surface area contributed by atoms with Crippen molar-refractivity contribution in [1.29, 1.82) is 0 Å². The Kier molecular flexibility index (Phi) is 9.14. The van der Waals surface area contributed by atoms with Crippen LogP contribution < -0.4 is 15.5 Å². The highest BCUT2D eigenvalue weighted by Crippen LogP contribution is 2.27. The van der Waals surface area contributed by atoms with Gasteiger partial charge >= 0.3 is 13.1 Å². The van der Waals surface area contributed by atoms with Crippen LogP contribution in [0.1, 0.15) is 15.9 Å². The van der Waals surface area contributed by atoms with Gasteiger partial charge in [-0.05, 0) is 65.0 Å².